The number of carbonyl (C=O) groups is 3. The van der Waals surface area contributed by atoms with Crippen LogP contribution in [0.2, 0.25) is 5.02 Å². The van der Waals surface area contributed by atoms with Gasteiger partial charge in [-0.3, -0.25) is 19.3 Å². The van der Waals surface area contributed by atoms with Crippen LogP contribution in [0, 0.1) is 56.2 Å². The summed E-state index contributed by atoms with van der Waals surface area (Å²) in [6.07, 6.45) is 7.13. The Hall–Kier alpha value is -2.26. The summed E-state index contributed by atoms with van der Waals surface area (Å²) < 4.78 is 6.20. The second-order valence-corrected chi connectivity index (χ2v) is 22.2. The molecule has 8 nitrogen and oxygen atoms in total. The number of ether oxygens (including phenoxy) is 1. The third-order valence-electron chi connectivity index (χ3n) is 17.1. The van der Waals surface area contributed by atoms with Crippen molar-refractivity contribution in [2.24, 2.45) is 56.2 Å². The molecule has 4 fully saturated rings. The molecule has 9 atom stereocenters. The fraction of sp³-hybridized carbons (Fsp3) is 0.771. The molecule has 1 aromatic rings. The normalized spacial score (nSPS) is 35.5. The molecule has 5 aliphatic rings. The smallest absolute Gasteiger partial charge is 0.309 e. The molecule has 0 bridgehead atoms. The van der Waals surface area contributed by atoms with E-state index in [1.807, 2.05) is 12.1 Å². The number of likely N-dealkylation sites (N-methyl/N-ethyl adjacent to an activating group) is 1. The van der Waals surface area contributed by atoms with Gasteiger partial charge in [0, 0.05) is 48.5 Å². The number of aliphatic carboxylic acids is 1. The van der Waals surface area contributed by atoms with Crippen LogP contribution in [-0.2, 0) is 25.7 Å². The lowest BCUT2D eigenvalue weighted by atomic mass is 9.33. The first kappa shape index (κ1) is 44.3. The van der Waals surface area contributed by atoms with Gasteiger partial charge in [-0.2, -0.15) is 0 Å². The Morgan fingerprint density at radius 2 is 1.58 bits per heavy atom. The number of esters is 1. The molecule has 4 saturated carbocycles. The van der Waals surface area contributed by atoms with E-state index in [0.717, 1.165) is 75.6 Å². The second kappa shape index (κ2) is 15.6. The number of aliphatic hydroxyl groups excluding tert-OH is 1. The van der Waals surface area contributed by atoms with Crippen molar-refractivity contribution >= 4 is 29.3 Å². The predicted molar refractivity (Wildman–Crippen MR) is 227 cm³/mol. The van der Waals surface area contributed by atoms with Crippen LogP contribution < -0.4 is 0 Å². The first-order chi connectivity index (χ1) is 26.4. The zero-order chi connectivity index (χ0) is 42.1. The lowest BCUT2D eigenvalue weighted by Crippen LogP contribution is -2.66. The molecule has 2 N–H and O–H groups in total. The van der Waals surface area contributed by atoms with E-state index in [9.17, 15) is 24.6 Å². The number of benzene rings is 1. The van der Waals surface area contributed by atoms with Crippen LogP contribution in [0.25, 0.3) is 0 Å². The molecule has 1 unspecified atom stereocenters. The minimum absolute atomic E-state index is 0.0308. The van der Waals surface area contributed by atoms with Crippen molar-refractivity contribution in [1.82, 2.24) is 9.80 Å². The predicted octanol–water partition coefficient (Wildman–Crippen LogP) is 9.46. The van der Waals surface area contributed by atoms with Crippen LogP contribution in [0.5, 0.6) is 0 Å². The molecular weight excluding hydrogens is 736 g/mol. The van der Waals surface area contributed by atoms with Crippen molar-refractivity contribution in [1.29, 1.82) is 0 Å². The zero-order valence-corrected chi connectivity index (χ0v) is 37.7. The summed E-state index contributed by atoms with van der Waals surface area (Å²) in [5.41, 5.74) is 1.54. The molecule has 5 aliphatic carbocycles. The monoisotopic (exact) mass is 809 g/mol. The molecule has 0 radical (unpaired) electrons. The van der Waals surface area contributed by atoms with Crippen molar-refractivity contribution in [3.63, 3.8) is 0 Å². The van der Waals surface area contributed by atoms with Gasteiger partial charge in [0.25, 0.3) is 0 Å². The van der Waals surface area contributed by atoms with E-state index in [2.05, 4.69) is 84.5 Å². The Morgan fingerprint density at radius 3 is 2.19 bits per heavy atom. The number of ketones is 1. The number of halogens is 1. The van der Waals surface area contributed by atoms with Crippen molar-refractivity contribution in [2.45, 2.75) is 145 Å². The molecule has 57 heavy (non-hydrogen) atoms. The van der Waals surface area contributed by atoms with Crippen LogP contribution in [0.1, 0.15) is 132 Å². The van der Waals surface area contributed by atoms with Crippen molar-refractivity contribution < 1.29 is 29.3 Å². The van der Waals surface area contributed by atoms with E-state index in [-0.39, 0.29) is 51.8 Å². The molecule has 0 aliphatic heterocycles. The number of fused-ring (bicyclic) bond motifs is 7. The third-order valence-corrected chi connectivity index (χ3v) is 17.4. The second-order valence-electron chi connectivity index (χ2n) is 21.7. The van der Waals surface area contributed by atoms with Gasteiger partial charge >= 0.3 is 11.9 Å². The maximum absolute atomic E-state index is 14.3. The summed E-state index contributed by atoms with van der Waals surface area (Å²) in [7, 11) is 4.17. The highest BCUT2D eigenvalue weighted by Gasteiger charge is 2.71. The average molecular weight is 810 g/mol. The number of hydrogen-bond acceptors (Lipinski definition) is 7. The van der Waals surface area contributed by atoms with Crippen LogP contribution >= 0.6 is 11.6 Å². The van der Waals surface area contributed by atoms with Crippen molar-refractivity contribution in [3.05, 3.63) is 46.0 Å². The molecule has 9 heteroatoms. The Bertz CT molecular complexity index is 1740. The van der Waals surface area contributed by atoms with Crippen LogP contribution in [0.3, 0.4) is 0 Å². The minimum atomic E-state index is -1.17. The lowest BCUT2D eigenvalue weighted by molar-refractivity contribution is -0.235. The SMILES string of the molecule is CC(C)C1=C2[C@H]3CCC4[C@@]5(C)CC[C@H](OC(=O)CC(C)(C)C(=O)O)C(C)(C)[C@@H]5CC[C@@]4(C)[C@]3(C)CC[C@@]2([C@@H](O)CN(CCN(C)C)Cc2ccc(Cl)cc2)CC1=O. The fourth-order valence-electron chi connectivity index (χ4n) is 13.8. The summed E-state index contributed by atoms with van der Waals surface area (Å²) in [4.78, 5) is 43.8. The maximum Gasteiger partial charge on any atom is 0.309 e. The first-order valence-corrected chi connectivity index (χ1v) is 22.3. The summed E-state index contributed by atoms with van der Waals surface area (Å²) in [5.74, 6) is 0.00261. The van der Waals surface area contributed by atoms with Crippen LogP contribution in [-0.4, -0.2) is 83.7 Å². The Kier molecular flexibility index (Phi) is 12.2. The number of carbonyl (C=O) groups excluding carboxylic acids is 2. The van der Waals surface area contributed by atoms with Gasteiger partial charge < -0.3 is 19.8 Å². The number of allylic oxidation sites excluding steroid dienone is 1. The summed E-state index contributed by atoms with van der Waals surface area (Å²) in [6.45, 7) is 22.6. The molecule has 6 rings (SSSR count). The molecule has 0 aromatic heterocycles. The Balaban J connectivity index is 1.29. The topological polar surface area (TPSA) is 107 Å². The van der Waals surface area contributed by atoms with Crippen LogP contribution in [0.4, 0.5) is 0 Å². The Morgan fingerprint density at radius 1 is 0.912 bits per heavy atom. The van der Waals surface area contributed by atoms with Gasteiger partial charge in [-0.25, -0.2) is 0 Å². The van der Waals surface area contributed by atoms with E-state index in [0.29, 0.717) is 36.4 Å². The number of carboxylic acid groups (broad SMARTS) is 1. The number of nitrogens with zero attached hydrogens (tertiary/aromatic N) is 2. The van der Waals surface area contributed by atoms with Crippen molar-refractivity contribution in [2.75, 3.05) is 33.7 Å². The zero-order valence-electron chi connectivity index (χ0n) is 37.0. The van der Waals surface area contributed by atoms with E-state index in [1.165, 1.54) is 5.57 Å². The van der Waals surface area contributed by atoms with E-state index in [1.54, 1.807) is 13.8 Å². The van der Waals surface area contributed by atoms with Gasteiger partial charge in [0.1, 0.15) is 6.10 Å². The number of Topliss-reactive ketones (excluding diaryl/α,β-unsaturated/α-hetero) is 1. The number of aliphatic hydroxyl groups is 1. The number of carboxylic acids is 1. The number of hydrogen-bond donors (Lipinski definition) is 2. The largest absolute Gasteiger partial charge is 0.481 e. The van der Waals surface area contributed by atoms with Gasteiger partial charge in [-0.05, 0) is 142 Å². The highest BCUT2D eigenvalue weighted by atomic mass is 35.5. The van der Waals surface area contributed by atoms with Gasteiger partial charge in [0.05, 0.1) is 17.9 Å². The van der Waals surface area contributed by atoms with E-state index < -0.39 is 28.9 Å². The van der Waals surface area contributed by atoms with Gasteiger partial charge in [-0.15, -0.1) is 0 Å². The van der Waals surface area contributed by atoms with Gasteiger partial charge in [0.15, 0.2) is 5.78 Å². The average Bonchev–Trinajstić information content (AvgIpc) is 3.42. The summed E-state index contributed by atoms with van der Waals surface area (Å²) in [6, 6.07) is 8.00. The maximum atomic E-state index is 14.3. The molecule has 318 valence electrons. The molecule has 0 saturated heterocycles. The van der Waals surface area contributed by atoms with Crippen molar-refractivity contribution in [3.8, 4) is 0 Å². The molecule has 1 aromatic carbocycles. The van der Waals surface area contributed by atoms with Gasteiger partial charge in [-0.1, -0.05) is 77.8 Å². The highest BCUT2D eigenvalue weighted by molar-refractivity contribution is 6.30. The molecule has 0 amide bonds. The highest BCUT2D eigenvalue weighted by Crippen LogP contribution is 2.77. The summed E-state index contributed by atoms with van der Waals surface area (Å²) in [5, 5.41) is 23.0. The minimum Gasteiger partial charge on any atom is -0.481 e. The molecular formula is C48H73ClN2O6. The van der Waals surface area contributed by atoms with E-state index in [4.69, 9.17) is 16.3 Å². The van der Waals surface area contributed by atoms with Gasteiger partial charge in [0.2, 0.25) is 0 Å². The number of rotatable bonds is 13. The lowest BCUT2D eigenvalue weighted by Gasteiger charge is -2.72. The standard InChI is InChI=1S/C48H73ClN2O6/c1-30(2)40-34(52)26-48(37(53)29-51(25-24-50(10)11)28-31-12-14-32(49)15-13-31)23-22-46(8)33(41(40)48)16-17-36-45(7)20-19-38(57-39(54)27-43(3,4)42(55)56)44(5,6)35(45)18-21-47(36,46)9/h12-15,30,33,35-38,53H,16-29H2,1-11H3,(H,55,56)/t33-,35+,36?,37+,38+,45+,46-,47-,48+/m1/s1. The third kappa shape index (κ3) is 7.58. The Labute approximate surface area is 348 Å². The van der Waals surface area contributed by atoms with Crippen LogP contribution in [0.15, 0.2) is 35.4 Å². The fourth-order valence-corrected chi connectivity index (χ4v) is 13.9. The molecule has 0 heterocycles. The summed E-state index contributed by atoms with van der Waals surface area (Å²) >= 11 is 6.24. The quantitative estimate of drug-likeness (QED) is 0.190. The van der Waals surface area contributed by atoms with E-state index >= 15 is 0 Å². The first-order valence-electron chi connectivity index (χ1n) is 21.9. The molecule has 0 spiro atoms.